The van der Waals surface area contributed by atoms with Crippen molar-refractivity contribution in [3.05, 3.63) is 29.3 Å². The normalized spacial score (nSPS) is 12.7. The fourth-order valence-electron chi connectivity index (χ4n) is 1.99. The Morgan fingerprint density at radius 2 is 1.35 bits per heavy atom. The number of hydrogen-bond acceptors (Lipinski definition) is 1. The van der Waals surface area contributed by atoms with Crippen LogP contribution in [0.25, 0.3) is 0 Å². The SMILES string of the molecule is CN(C)c1ccc(C(C)(C)C)cc1C(C)(C)C. The van der Waals surface area contributed by atoms with Gasteiger partial charge in [0.1, 0.15) is 0 Å². The van der Waals surface area contributed by atoms with Gasteiger partial charge in [0.25, 0.3) is 0 Å². The van der Waals surface area contributed by atoms with E-state index < -0.39 is 0 Å². The molecule has 0 saturated carbocycles. The fraction of sp³-hybridized carbons (Fsp3) is 0.625. The lowest BCUT2D eigenvalue weighted by molar-refractivity contribution is 0.568. The van der Waals surface area contributed by atoms with Gasteiger partial charge in [0.2, 0.25) is 0 Å². The molecule has 1 rings (SSSR count). The number of anilines is 1. The first-order chi connectivity index (χ1) is 7.53. The summed E-state index contributed by atoms with van der Waals surface area (Å²) in [5.41, 5.74) is 4.56. The van der Waals surface area contributed by atoms with Crippen LogP contribution in [0.1, 0.15) is 52.7 Å². The first-order valence-electron chi connectivity index (χ1n) is 6.36. The highest BCUT2D eigenvalue weighted by Crippen LogP contribution is 2.35. The van der Waals surface area contributed by atoms with Gasteiger partial charge in [-0.3, -0.25) is 0 Å². The summed E-state index contributed by atoms with van der Waals surface area (Å²) in [5, 5.41) is 0. The van der Waals surface area contributed by atoms with Crippen LogP contribution in [0.4, 0.5) is 5.69 Å². The Balaban J connectivity index is 3.41. The summed E-state index contributed by atoms with van der Waals surface area (Å²) in [4.78, 5) is 2.20. The molecule has 0 aliphatic carbocycles. The van der Waals surface area contributed by atoms with Crippen LogP contribution in [0.15, 0.2) is 18.2 Å². The van der Waals surface area contributed by atoms with Crippen LogP contribution in [0.3, 0.4) is 0 Å². The molecule has 0 bridgehead atoms. The maximum Gasteiger partial charge on any atom is 0.0399 e. The third kappa shape index (κ3) is 3.24. The standard InChI is InChI=1S/C16H27N/c1-15(2,3)12-9-10-14(17(7)8)13(11-12)16(4,5)6/h9-11H,1-8H3. The fourth-order valence-corrected chi connectivity index (χ4v) is 1.99. The van der Waals surface area contributed by atoms with E-state index in [4.69, 9.17) is 0 Å². The largest absolute Gasteiger partial charge is 0.377 e. The van der Waals surface area contributed by atoms with Gasteiger partial charge in [0.15, 0.2) is 0 Å². The van der Waals surface area contributed by atoms with Crippen molar-refractivity contribution in [1.29, 1.82) is 0 Å². The lowest BCUT2D eigenvalue weighted by Gasteiger charge is -2.30. The number of rotatable bonds is 1. The van der Waals surface area contributed by atoms with Crippen LogP contribution in [0.5, 0.6) is 0 Å². The minimum atomic E-state index is 0.181. The van der Waals surface area contributed by atoms with E-state index in [2.05, 4.69) is 78.7 Å². The molecule has 0 spiro atoms. The van der Waals surface area contributed by atoms with Crippen molar-refractivity contribution in [2.45, 2.75) is 52.4 Å². The molecule has 17 heavy (non-hydrogen) atoms. The molecule has 0 heterocycles. The lowest BCUT2D eigenvalue weighted by atomic mass is 9.80. The van der Waals surface area contributed by atoms with Crippen LogP contribution >= 0.6 is 0 Å². The summed E-state index contributed by atoms with van der Waals surface area (Å²) >= 11 is 0. The van der Waals surface area contributed by atoms with Crippen LogP contribution in [-0.2, 0) is 10.8 Å². The van der Waals surface area contributed by atoms with Gasteiger partial charge >= 0.3 is 0 Å². The van der Waals surface area contributed by atoms with E-state index in [-0.39, 0.29) is 10.8 Å². The van der Waals surface area contributed by atoms with Gasteiger partial charge in [-0.2, -0.15) is 0 Å². The Bertz CT molecular complexity index is 389. The van der Waals surface area contributed by atoms with E-state index in [1.165, 1.54) is 16.8 Å². The first kappa shape index (κ1) is 14.1. The molecule has 0 aliphatic rings. The van der Waals surface area contributed by atoms with Gasteiger partial charge < -0.3 is 4.90 Å². The predicted molar refractivity (Wildman–Crippen MR) is 78.2 cm³/mol. The number of hydrogen-bond donors (Lipinski definition) is 0. The molecule has 1 aromatic carbocycles. The second-order valence-electron chi connectivity index (χ2n) is 7.13. The zero-order chi connectivity index (χ0) is 13.4. The van der Waals surface area contributed by atoms with E-state index in [0.29, 0.717) is 0 Å². The van der Waals surface area contributed by atoms with E-state index in [0.717, 1.165) is 0 Å². The zero-order valence-corrected chi connectivity index (χ0v) is 12.7. The minimum absolute atomic E-state index is 0.181. The van der Waals surface area contributed by atoms with Crippen molar-refractivity contribution >= 4 is 5.69 Å². The maximum absolute atomic E-state index is 2.37. The summed E-state index contributed by atoms with van der Waals surface area (Å²) in [6, 6.07) is 6.88. The van der Waals surface area contributed by atoms with Crippen molar-refractivity contribution in [3.8, 4) is 0 Å². The van der Waals surface area contributed by atoms with Gasteiger partial charge in [0, 0.05) is 19.8 Å². The highest BCUT2D eigenvalue weighted by Gasteiger charge is 2.22. The molecule has 0 aromatic heterocycles. The highest BCUT2D eigenvalue weighted by molar-refractivity contribution is 5.57. The van der Waals surface area contributed by atoms with Crippen molar-refractivity contribution in [3.63, 3.8) is 0 Å². The van der Waals surface area contributed by atoms with Crippen LogP contribution in [-0.4, -0.2) is 14.1 Å². The molecule has 0 amide bonds. The van der Waals surface area contributed by atoms with Crippen molar-refractivity contribution in [2.75, 3.05) is 19.0 Å². The van der Waals surface area contributed by atoms with Crippen molar-refractivity contribution < 1.29 is 0 Å². The van der Waals surface area contributed by atoms with Gasteiger partial charge in [-0.1, -0.05) is 53.7 Å². The first-order valence-corrected chi connectivity index (χ1v) is 6.36. The Kier molecular flexibility index (Phi) is 3.61. The molecule has 0 N–H and O–H groups in total. The monoisotopic (exact) mass is 233 g/mol. The Labute approximate surface area is 107 Å². The van der Waals surface area contributed by atoms with Crippen LogP contribution in [0.2, 0.25) is 0 Å². The topological polar surface area (TPSA) is 3.24 Å². The smallest absolute Gasteiger partial charge is 0.0399 e. The van der Waals surface area contributed by atoms with Crippen LogP contribution in [0, 0.1) is 0 Å². The average Bonchev–Trinajstić information content (AvgIpc) is 2.14. The third-order valence-electron chi connectivity index (χ3n) is 3.15. The highest BCUT2D eigenvalue weighted by atomic mass is 15.1. The number of benzene rings is 1. The van der Waals surface area contributed by atoms with Crippen LogP contribution < -0.4 is 4.90 Å². The van der Waals surface area contributed by atoms with Gasteiger partial charge in [-0.05, 0) is 28.0 Å². The molecule has 1 aromatic rings. The van der Waals surface area contributed by atoms with Gasteiger partial charge in [-0.25, -0.2) is 0 Å². The molecule has 0 unspecified atom stereocenters. The summed E-state index contributed by atoms with van der Waals surface area (Å²) in [5.74, 6) is 0. The molecule has 0 atom stereocenters. The summed E-state index contributed by atoms with van der Waals surface area (Å²) in [6.07, 6.45) is 0. The summed E-state index contributed by atoms with van der Waals surface area (Å²) in [6.45, 7) is 13.6. The molecule has 1 nitrogen and oxygen atoms in total. The Morgan fingerprint density at radius 3 is 1.71 bits per heavy atom. The average molecular weight is 233 g/mol. The summed E-state index contributed by atoms with van der Waals surface area (Å²) < 4.78 is 0. The maximum atomic E-state index is 2.37. The van der Waals surface area contributed by atoms with Gasteiger partial charge in [0.05, 0.1) is 0 Å². The summed E-state index contributed by atoms with van der Waals surface area (Å²) in [7, 11) is 4.22. The second kappa shape index (κ2) is 4.36. The van der Waals surface area contributed by atoms with Gasteiger partial charge in [-0.15, -0.1) is 0 Å². The molecule has 0 fully saturated rings. The van der Waals surface area contributed by atoms with E-state index in [1.807, 2.05) is 0 Å². The molecule has 0 aliphatic heterocycles. The molecule has 1 heteroatoms. The molecule has 0 radical (unpaired) electrons. The lowest BCUT2D eigenvalue weighted by Crippen LogP contribution is -2.21. The molecule has 0 saturated heterocycles. The van der Waals surface area contributed by atoms with E-state index in [1.54, 1.807) is 0 Å². The zero-order valence-electron chi connectivity index (χ0n) is 12.7. The number of nitrogens with zero attached hydrogens (tertiary/aromatic N) is 1. The van der Waals surface area contributed by atoms with E-state index in [9.17, 15) is 0 Å². The Morgan fingerprint density at radius 1 is 0.824 bits per heavy atom. The van der Waals surface area contributed by atoms with E-state index >= 15 is 0 Å². The predicted octanol–water partition coefficient (Wildman–Crippen LogP) is 4.35. The molecule has 96 valence electrons. The second-order valence-corrected chi connectivity index (χ2v) is 7.13. The minimum Gasteiger partial charge on any atom is -0.377 e. The quantitative estimate of drug-likeness (QED) is 0.697. The molecular weight excluding hydrogens is 206 g/mol. The third-order valence-corrected chi connectivity index (χ3v) is 3.15. The Hall–Kier alpha value is -0.980. The molecular formula is C16H27N. The van der Waals surface area contributed by atoms with Crippen molar-refractivity contribution in [2.24, 2.45) is 0 Å². The van der Waals surface area contributed by atoms with Crippen molar-refractivity contribution in [1.82, 2.24) is 0 Å².